The maximum atomic E-state index is 12.5. The third kappa shape index (κ3) is 3.00. The van der Waals surface area contributed by atoms with Crippen LogP contribution >= 0.6 is 11.8 Å². The zero-order chi connectivity index (χ0) is 15.2. The van der Waals surface area contributed by atoms with Crippen molar-refractivity contribution in [2.24, 2.45) is 5.92 Å². The molecule has 1 saturated carbocycles. The summed E-state index contributed by atoms with van der Waals surface area (Å²) in [4.78, 5) is 26.2. The molecule has 0 spiro atoms. The number of alkyl halides is 3. The van der Waals surface area contributed by atoms with Crippen LogP contribution in [0.1, 0.15) is 32.1 Å². The minimum Gasteiger partial charge on any atom is -0.344 e. The number of fused-ring (bicyclic) bond motifs is 5. The summed E-state index contributed by atoms with van der Waals surface area (Å²) in [5.74, 6) is -0.244. The van der Waals surface area contributed by atoms with Gasteiger partial charge in [0, 0.05) is 24.3 Å². The van der Waals surface area contributed by atoms with Gasteiger partial charge < -0.3 is 10.2 Å². The predicted octanol–water partition coefficient (Wildman–Crippen LogP) is 1.90. The SMILES string of the molecule is O=C1C[C@@H]2[C@H]3CC[C@H](C3)N2C(=O)C(CCSC(F)(F)F)N1. The van der Waals surface area contributed by atoms with Gasteiger partial charge in [-0.3, -0.25) is 9.59 Å². The first-order valence-corrected chi connectivity index (χ1v) is 8.16. The Kier molecular flexibility index (Phi) is 3.83. The molecule has 4 atom stereocenters. The van der Waals surface area contributed by atoms with E-state index in [1.807, 2.05) is 0 Å². The standard InChI is InChI=1S/C13H17F3N2O2S/c14-13(15,16)21-4-3-9-12(20)18-8-2-1-7(5-8)10(18)6-11(19)17-9/h7-10H,1-6H2,(H,17,19)/t7-,8+,9?,10+/m0/s1. The number of hydrogen-bond acceptors (Lipinski definition) is 3. The molecular formula is C13H17F3N2O2S. The van der Waals surface area contributed by atoms with E-state index in [1.165, 1.54) is 0 Å². The number of piperidine rings is 1. The molecule has 1 unspecified atom stereocenters. The summed E-state index contributed by atoms with van der Waals surface area (Å²) < 4.78 is 36.5. The lowest BCUT2D eigenvalue weighted by Crippen LogP contribution is -2.50. The van der Waals surface area contributed by atoms with E-state index in [1.54, 1.807) is 4.90 Å². The number of amides is 2. The Morgan fingerprint density at radius 2 is 2.05 bits per heavy atom. The first-order chi connectivity index (χ1) is 9.85. The van der Waals surface area contributed by atoms with Crippen LogP contribution in [0.5, 0.6) is 0 Å². The van der Waals surface area contributed by atoms with Crippen LogP contribution in [0.15, 0.2) is 0 Å². The number of carbonyl (C=O) groups excluding carboxylic acids is 2. The normalized spacial score (nSPS) is 35.7. The number of halogens is 3. The van der Waals surface area contributed by atoms with Crippen molar-refractivity contribution in [1.29, 1.82) is 0 Å². The van der Waals surface area contributed by atoms with Gasteiger partial charge >= 0.3 is 5.51 Å². The summed E-state index contributed by atoms with van der Waals surface area (Å²) in [6.45, 7) is 0. The Bertz CT molecular complexity index is 457. The molecule has 2 heterocycles. The Hall–Kier alpha value is -0.920. The van der Waals surface area contributed by atoms with E-state index < -0.39 is 11.6 Å². The number of thioether (sulfide) groups is 1. The van der Waals surface area contributed by atoms with Gasteiger partial charge in [0.25, 0.3) is 0 Å². The zero-order valence-electron chi connectivity index (χ0n) is 11.4. The van der Waals surface area contributed by atoms with E-state index in [4.69, 9.17) is 0 Å². The van der Waals surface area contributed by atoms with Crippen LogP contribution < -0.4 is 5.32 Å². The smallest absolute Gasteiger partial charge is 0.344 e. The lowest BCUT2D eigenvalue weighted by Gasteiger charge is -2.34. The van der Waals surface area contributed by atoms with Crippen LogP contribution in [0.2, 0.25) is 0 Å². The number of rotatable bonds is 3. The highest BCUT2D eigenvalue weighted by Gasteiger charge is 2.51. The quantitative estimate of drug-likeness (QED) is 0.863. The monoisotopic (exact) mass is 322 g/mol. The second kappa shape index (κ2) is 5.37. The Morgan fingerprint density at radius 3 is 2.76 bits per heavy atom. The molecule has 2 saturated heterocycles. The van der Waals surface area contributed by atoms with E-state index >= 15 is 0 Å². The van der Waals surface area contributed by atoms with Crippen LogP contribution in [0.25, 0.3) is 0 Å². The second-order valence-corrected chi connectivity index (χ2v) is 7.11. The minimum absolute atomic E-state index is 0.0232. The Morgan fingerprint density at radius 1 is 1.29 bits per heavy atom. The first-order valence-electron chi connectivity index (χ1n) is 7.17. The van der Waals surface area contributed by atoms with Gasteiger partial charge in [0.05, 0.1) is 0 Å². The molecule has 3 rings (SSSR count). The Labute approximate surface area is 124 Å². The molecule has 1 aliphatic carbocycles. The summed E-state index contributed by atoms with van der Waals surface area (Å²) in [5, 5.41) is 2.60. The van der Waals surface area contributed by atoms with Gasteiger partial charge in [-0.15, -0.1) is 0 Å². The predicted molar refractivity (Wildman–Crippen MR) is 71.4 cm³/mol. The van der Waals surface area contributed by atoms with E-state index in [-0.39, 0.29) is 54.3 Å². The third-order valence-corrected chi connectivity index (χ3v) is 5.46. The fourth-order valence-corrected chi connectivity index (χ4v) is 4.46. The van der Waals surface area contributed by atoms with E-state index in [9.17, 15) is 22.8 Å². The molecule has 0 aromatic carbocycles. The van der Waals surface area contributed by atoms with Crippen molar-refractivity contribution in [3.05, 3.63) is 0 Å². The first kappa shape index (κ1) is 15.0. The zero-order valence-corrected chi connectivity index (χ0v) is 12.2. The molecule has 3 aliphatic rings. The summed E-state index contributed by atoms with van der Waals surface area (Å²) >= 11 is -0.144. The van der Waals surface area contributed by atoms with Gasteiger partial charge in [-0.25, -0.2) is 0 Å². The maximum absolute atomic E-state index is 12.5. The van der Waals surface area contributed by atoms with E-state index in [2.05, 4.69) is 5.32 Å². The average molecular weight is 322 g/mol. The number of hydrogen-bond donors (Lipinski definition) is 1. The fourth-order valence-electron chi connectivity index (χ4n) is 3.87. The van der Waals surface area contributed by atoms with Crippen LogP contribution in [0, 0.1) is 5.92 Å². The molecule has 21 heavy (non-hydrogen) atoms. The van der Waals surface area contributed by atoms with Crippen molar-refractivity contribution in [1.82, 2.24) is 10.2 Å². The second-order valence-electron chi connectivity index (χ2n) is 5.95. The molecule has 3 fully saturated rings. The summed E-state index contributed by atoms with van der Waals surface area (Å²) in [6, 6.07) is -0.675. The molecule has 1 N–H and O–H groups in total. The maximum Gasteiger partial charge on any atom is 0.441 e. The highest BCUT2D eigenvalue weighted by atomic mass is 32.2. The van der Waals surface area contributed by atoms with Crippen LogP contribution in [-0.2, 0) is 9.59 Å². The largest absolute Gasteiger partial charge is 0.441 e. The molecule has 8 heteroatoms. The van der Waals surface area contributed by atoms with Gasteiger partial charge in [-0.1, -0.05) is 11.8 Å². The fraction of sp³-hybridized carbons (Fsp3) is 0.846. The number of carbonyl (C=O) groups is 2. The van der Waals surface area contributed by atoms with Gasteiger partial charge in [0.15, 0.2) is 0 Å². The summed E-state index contributed by atoms with van der Waals surface area (Å²) in [5.41, 5.74) is -4.30. The lowest BCUT2D eigenvalue weighted by atomic mass is 9.96. The molecule has 4 nitrogen and oxygen atoms in total. The van der Waals surface area contributed by atoms with Crippen LogP contribution in [0.3, 0.4) is 0 Å². The molecule has 118 valence electrons. The number of nitrogens with zero attached hydrogens (tertiary/aromatic N) is 1. The number of nitrogens with one attached hydrogen (secondary N) is 1. The lowest BCUT2D eigenvalue weighted by molar-refractivity contribution is -0.137. The van der Waals surface area contributed by atoms with Crippen molar-refractivity contribution in [2.75, 3.05) is 5.75 Å². The van der Waals surface area contributed by atoms with Gasteiger partial charge in [0.2, 0.25) is 11.8 Å². The minimum atomic E-state index is -4.30. The summed E-state index contributed by atoms with van der Waals surface area (Å²) in [6.07, 6.45) is 3.24. The van der Waals surface area contributed by atoms with Gasteiger partial charge in [-0.05, 0) is 31.6 Å². The summed E-state index contributed by atoms with van der Waals surface area (Å²) in [7, 11) is 0. The highest BCUT2D eigenvalue weighted by molar-refractivity contribution is 8.00. The average Bonchev–Trinajstić information content (AvgIpc) is 2.93. The van der Waals surface area contributed by atoms with E-state index in [0.717, 1.165) is 19.3 Å². The van der Waals surface area contributed by atoms with Crippen LogP contribution in [0.4, 0.5) is 13.2 Å². The molecule has 2 amide bonds. The van der Waals surface area contributed by atoms with Crippen molar-refractivity contribution in [3.8, 4) is 0 Å². The molecule has 0 aromatic heterocycles. The van der Waals surface area contributed by atoms with Crippen LogP contribution in [-0.4, -0.2) is 46.1 Å². The van der Waals surface area contributed by atoms with E-state index in [0.29, 0.717) is 5.92 Å². The topological polar surface area (TPSA) is 49.4 Å². The van der Waals surface area contributed by atoms with Crippen molar-refractivity contribution >= 4 is 23.6 Å². The molecule has 2 aliphatic heterocycles. The molecule has 0 aromatic rings. The molecule has 0 radical (unpaired) electrons. The highest BCUT2D eigenvalue weighted by Crippen LogP contribution is 2.44. The van der Waals surface area contributed by atoms with Gasteiger partial charge in [0.1, 0.15) is 6.04 Å². The van der Waals surface area contributed by atoms with Gasteiger partial charge in [-0.2, -0.15) is 13.2 Å². The molecular weight excluding hydrogens is 305 g/mol. The van der Waals surface area contributed by atoms with Crippen molar-refractivity contribution in [2.45, 2.75) is 55.7 Å². The van der Waals surface area contributed by atoms with Crippen molar-refractivity contribution in [3.63, 3.8) is 0 Å². The van der Waals surface area contributed by atoms with Crippen molar-refractivity contribution < 1.29 is 22.8 Å². The Balaban J connectivity index is 1.67. The molecule has 2 bridgehead atoms. The third-order valence-electron chi connectivity index (χ3n) is 4.69.